The Morgan fingerprint density at radius 3 is 2.89 bits per heavy atom. The maximum atomic E-state index is 12.9. The Kier molecular flexibility index (Phi) is 6.99. The van der Waals surface area contributed by atoms with Crippen molar-refractivity contribution in [1.82, 2.24) is 29.9 Å². The van der Waals surface area contributed by atoms with E-state index >= 15 is 0 Å². The molecular weight excluding hydrogens is 440 g/mol. The molecule has 1 atom stereocenters. The number of nitrogens with one attached hydrogen (secondary N) is 1. The summed E-state index contributed by atoms with van der Waals surface area (Å²) in [5, 5.41) is 7.28. The number of hydrogen-bond donors (Lipinski definition) is 1. The van der Waals surface area contributed by atoms with Crippen LogP contribution in [0.2, 0.25) is 0 Å². The quantitative estimate of drug-likeness (QED) is 0.421. The first-order valence-corrected chi connectivity index (χ1v) is 12.1. The summed E-state index contributed by atoms with van der Waals surface area (Å²) in [5.41, 5.74) is 4.38. The first-order valence-electron chi connectivity index (χ1n) is 12.1. The normalized spacial score (nSPS) is 16.3. The third-order valence-electron chi connectivity index (χ3n) is 6.36. The van der Waals surface area contributed by atoms with E-state index in [-0.39, 0.29) is 11.8 Å². The van der Waals surface area contributed by atoms with Crippen LogP contribution in [0, 0.1) is 12.8 Å². The van der Waals surface area contributed by atoms with E-state index in [1.54, 1.807) is 12.5 Å². The van der Waals surface area contributed by atoms with Crippen LogP contribution in [0.4, 0.5) is 0 Å². The molecule has 2 aromatic heterocycles. The maximum Gasteiger partial charge on any atom is 0.241 e. The molecule has 1 aliphatic rings. The largest absolute Gasteiger partial charge is 0.352 e. The van der Waals surface area contributed by atoms with Gasteiger partial charge in [-0.1, -0.05) is 53.2 Å². The van der Waals surface area contributed by atoms with Crippen molar-refractivity contribution >= 4 is 5.91 Å². The molecule has 0 saturated carbocycles. The zero-order valence-corrected chi connectivity index (χ0v) is 19.9. The van der Waals surface area contributed by atoms with Gasteiger partial charge in [0.15, 0.2) is 0 Å². The average molecular weight is 471 g/mol. The van der Waals surface area contributed by atoms with Crippen LogP contribution >= 0.6 is 0 Å². The summed E-state index contributed by atoms with van der Waals surface area (Å²) >= 11 is 0. The van der Waals surface area contributed by atoms with E-state index in [0.717, 1.165) is 42.6 Å². The molecule has 35 heavy (non-hydrogen) atoms. The molecule has 2 aromatic carbocycles. The van der Waals surface area contributed by atoms with Crippen molar-refractivity contribution in [2.45, 2.75) is 39.4 Å². The van der Waals surface area contributed by atoms with Crippen molar-refractivity contribution in [3.8, 4) is 11.4 Å². The molecule has 8 nitrogen and oxygen atoms in total. The van der Waals surface area contributed by atoms with Crippen LogP contribution in [0.3, 0.4) is 0 Å². The third-order valence-corrected chi connectivity index (χ3v) is 6.36. The van der Waals surface area contributed by atoms with E-state index in [1.807, 2.05) is 54.1 Å². The molecule has 3 heterocycles. The summed E-state index contributed by atoms with van der Waals surface area (Å²) in [7, 11) is 0. The molecule has 1 fully saturated rings. The number of nitrogens with zero attached hydrogens (tertiary/aromatic N) is 5. The number of hydrogen-bond acceptors (Lipinski definition) is 6. The molecule has 0 bridgehead atoms. The second kappa shape index (κ2) is 10.7. The van der Waals surface area contributed by atoms with E-state index in [2.05, 4.69) is 37.5 Å². The van der Waals surface area contributed by atoms with Crippen LogP contribution < -0.4 is 5.32 Å². The molecule has 1 N–H and O–H groups in total. The number of amides is 1. The van der Waals surface area contributed by atoms with Crippen molar-refractivity contribution in [3.63, 3.8) is 0 Å². The Morgan fingerprint density at radius 2 is 2.03 bits per heavy atom. The van der Waals surface area contributed by atoms with Gasteiger partial charge in [0.2, 0.25) is 17.6 Å². The average Bonchev–Trinajstić information content (AvgIpc) is 3.55. The topological polar surface area (TPSA) is 89.1 Å². The number of aromatic nitrogens is 4. The van der Waals surface area contributed by atoms with E-state index < -0.39 is 0 Å². The highest BCUT2D eigenvalue weighted by molar-refractivity contribution is 5.79. The molecule has 1 saturated heterocycles. The highest BCUT2D eigenvalue weighted by Crippen LogP contribution is 2.21. The summed E-state index contributed by atoms with van der Waals surface area (Å²) in [5.74, 6) is 1.24. The van der Waals surface area contributed by atoms with Crippen molar-refractivity contribution in [2.75, 3.05) is 13.1 Å². The van der Waals surface area contributed by atoms with Gasteiger partial charge >= 0.3 is 0 Å². The minimum atomic E-state index is -0.0444. The first kappa shape index (κ1) is 23.0. The predicted molar refractivity (Wildman–Crippen MR) is 132 cm³/mol. The molecule has 1 aliphatic heterocycles. The fraction of sp³-hybridized carbons (Fsp3) is 0.333. The highest BCUT2D eigenvalue weighted by Gasteiger charge is 2.26. The number of imidazole rings is 1. The minimum Gasteiger partial charge on any atom is -0.352 e. The lowest BCUT2D eigenvalue weighted by Gasteiger charge is -2.30. The predicted octanol–water partition coefficient (Wildman–Crippen LogP) is 3.82. The number of aryl methyl sites for hydroxylation is 1. The lowest BCUT2D eigenvalue weighted by Crippen LogP contribution is -2.42. The second-order valence-electron chi connectivity index (χ2n) is 9.23. The van der Waals surface area contributed by atoms with Gasteiger partial charge in [0, 0.05) is 37.6 Å². The van der Waals surface area contributed by atoms with E-state index in [4.69, 9.17) is 4.52 Å². The summed E-state index contributed by atoms with van der Waals surface area (Å²) < 4.78 is 7.53. The van der Waals surface area contributed by atoms with Crippen LogP contribution in [0.1, 0.15) is 35.4 Å². The molecule has 0 radical (unpaired) electrons. The smallest absolute Gasteiger partial charge is 0.241 e. The Morgan fingerprint density at radius 1 is 1.14 bits per heavy atom. The fourth-order valence-corrected chi connectivity index (χ4v) is 4.59. The number of benzene rings is 2. The summed E-state index contributed by atoms with van der Waals surface area (Å²) in [6.07, 6.45) is 7.39. The molecule has 1 unspecified atom stereocenters. The zero-order chi connectivity index (χ0) is 24.0. The fourth-order valence-electron chi connectivity index (χ4n) is 4.59. The number of carbonyl (C=O) groups is 1. The number of rotatable bonds is 8. The van der Waals surface area contributed by atoms with Crippen molar-refractivity contribution in [2.24, 2.45) is 5.92 Å². The van der Waals surface area contributed by atoms with Gasteiger partial charge in [-0.05, 0) is 43.5 Å². The van der Waals surface area contributed by atoms with Gasteiger partial charge in [-0.3, -0.25) is 9.69 Å². The van der Waals surface area contributed by atoms with E-state index in [0.29, 0.717) is 31.3 Å². The number of piperidine rings is 1. The van der Waals surface area contributed by atoms with Crippen LogP contribution in [0.5, 0.6) is 0 Å². The van der Waals surface area contributed by atoms with Gasteiger partial charge in [0.1, 0.15) is 0 Å². The molecule has 0 spiro atoms. The molecule has 8 heteroatoms. The number of carbonyl (C=O) groups excluding carboxylic acids is 1. The Labute approximate surface area is 205 Å². The maximum absolute atomic E-state index is 12.9. The van der Waals surface area contributed by atoms with Crippen molar-refractivity contribution in [3.05, 3.63) is 89.8 Å². The van der Waals surface area contributed by atoms with Crippen LogP contribution in [0.25, 0.3) is 11.4 Å². The summed E-state index contributed by atoms with van der Waals surface area (Å²) in [4.78, 5) is 23.8. The monoisotopic (exact) mass is 470 g/mol. The van der Waals surface area contributed by atoms with Crippen molar-refractivity contribution < 1.29 is 9.32 Å². The molecule has 1 amide bonds. The van der Waals surface area contributed by atoms with Gasteiger partial charge in [-0.15, -0.1) is 0 Å². The first-order chi connectivity index (χ1) is 17.1. The summed E-state index contributed by atoms with van der Waals surface area (Å²) in [6, 6.07) is 16.4. The van der Waals surface area contributed by atoms with Crippen molar-refractivity contribution in [1.29, 1.82) is 0 Å². The van der Waals surface area contributed by atoms with Crippen LogP contribution in [0.15, 0.2) is 71.8 Å². The Balaban J connectivity index is 1.13. The van der Waals surface area contributed by atoms with E-state index in [9.17, 15) is 4.79 Å². The van der Waals surface area contributed by atoms with Gasteiger partial charge in [-0.25, -0.2) is 4.98 Å². The summed E-state index contributed by atoms with van der Waals surface area (Å²) in [6.45, 7) is 5.49. The third kappa shape index (κ3) is 6.02. The highest BCUT2D eigenvalue weighted by atomic mass is 16.5. The van der Waals surface area contributed by atoms with Gasteiger partial charge in [0.05, 0.1) is 18.8 Å². The van der Waals surface area contributed by atoms with Crippen LogP contribution in [-0.2, 0) is 24.4 Å². The molecule has 4 aromatic rings. The Bertz CT molecular complexity index is 1270. The van der Waals surface area contributed by atoms with Gasteiger partial charge < -0.3 is 14.4 Å². The lowest BCUT2D eigenvalue weighted by atomic mass is 9.97. The van der Waals surface area contributed by atoms with Crippen LogP contribution in [-0.4, -0.2) is 43.6 Å². The molecule has 180 valence electrons. The lowest BCUT2D eigenvalue weighted by molar-refractivity contribution is -0.127. The minimum absolute atomic E-state index is 0.0444. The SMILES string of the molecule is Cc1cccc(-c2noc(CN3CCCC(C(=O)NCc4cccc(Cn5ccnc5)c4)C3)n2)c1. The standard InChI is InChI=1S/C27H30N6O2/c1-20-5-2-8-23(13-20)26-30-25(35-31-26)18-32-11-4-9-24(17-32)27(34)29-15-21-6-3-7-22(14-21)16-33-12-10-28-19-33/h2-3,5-8,10,12-14,19,24H,4,9,11,15-18H2,1H3,(H,29,34). The number of likely N-dealkylation sites (tertiary alicyclic amines) is 1. The van der Waals surface area contributed by atoms with E-state index in [1.165, 1.54) is 5.56 Å². The molecule has 0 aliphatic carbocycles. The molecular formula is C27H30N6O2. The second-order valence-corrected chi connectivity index (χ2v) is 9.23. The zero-order valence-electron chi connectivity index (χ0n) is 19.9. The van der Waals surface area contributed by atoms with Gasteiger partial charge in [0.25, 0.3) is 0 Å². The Hall–Kier alpha value is -3.78. The molecule has 5 rings (SSSR count). The van der Waals surface area contributed by atoms with Gasteiger partial charge in [-0.2, -0.15) is 4.98 Å².